The van der Waals surface area contributed by atoms with Gasteiger partial charge in [0.05, 0.1) is 5.52 Å². The Bertz CT molecular complexity index is 741. The van der Waals surface area contributed by atoms with Gasteiger partial charge in [0.2, 0.25) is 0 Å². The SMILES string of the molecule is CCc1nc(N)c2cc(Oc3ccccc3)ccc2n1. The Labute approximate surface area is 117 Å². The van der Waals surface area contributed by atoms with E-state index in [0.29, 0.717) is 5.82 Å². The molecule has 0 radical (unpaired) electrons. The molecule has 0 unspecified atom stereocenters. The van der Waals surface area contributed by atoms with E-state index < -0.39 is 0 Å². The number of fused-ring (bicyclic) bond motifs is 1. The van der Waals surface area contributed by atoms with Gasteiger partial charge in [0.25, 0.3) is 0 Å². The van der Waals surface area contributed by atoms with E-state index in [1.165, 1.54) is 0 Å². The Morgan fingerprint density at radius 2 is 1.80 bits per heavy atom. The number of hydrogen-bond acceptors (Lipinski definition) is 4. The van der Waals surface area contributed by atoms with Crippen molar-refractivity contribution in [2.75, 3.05) is 5.73 Å². The standard InChI is InChI=1S/C16H15N3O/c1-2-15-18-14-9-8-12(10-13(14)16(17)19-15)20-11-6-4-3-5-7-11/h3-10H,2H2,1H3,(H2,17,18,19). The van der Waals surface area contributed by atoms with Crippen molar-refractivity contribution in [2.24, 2.45) is 0 Å². The Morgan fingerprint density at radius 3 is 2.55 bits per heavy atom. The third-order valence-electron chi connectivity index (χ3n) is 3.04. The number of rotatable bonds is 3. The number of hydrogen-bond donors (Lipinski definition) is 1. The zero-order chi connectivity index (χ0) is 13.9. The predicted octanol–water partition coefficient (Wildman–Crippen LogP) is 3.57. The second kappa shape index (κ2) is 5.17. The minimum atomic E-state index is 0.491. The van der Waals surface area contributed by atoms with Gasteiger partial charge in [-0.05, 0) is 30.3 Å². The van der Waals surface area contributed by atoms with E-state index in [-0.39, 0.29) is 0 Å². The smallest absolute Gasteiger partial charge is 0.135 e. The molecule has 4 nitrogen and oxygen atoms in total. The normalized spacial score (nSPS) is 10.7. The first-order chi connectivity index (χ1) is 9.76. The highest BCUT2D eigenvalue weighted by atomic mass is 16.5. The van der Waals surface area contributed by atoms with E-state index in [9.17, 15) is 0 Å². The van der Waals surface area contributed by atoms with Crippen molar-refractivity contribution in [3.05, 3.63) is 54.4 Å². The lowest BCUT2D eigenvalue weighted by Gasteiger charge is -2.08. The number of aromatic nitrogens is 2. The largest absolute Gasteiger partial charge is 0.457 e. The summed E-state index contributed by atoms with van der Waals surface area (Å²) in [6.45, 7) is 2.01. The van der Waals surface area contributed by atoms with Crippen LogP contribution in [0.1, 0.15) is 12.7 Å². The molecule has 0 bridgehead atoms. The third-order valence-corrected chi connectivity index (χ3v) is 3.04. The van der Waals surface area contributed by atoms with Gasteiger partial charge >= 0.3 is 0 Å². The minimum Gasteiger partial charge on any atom is -0.457 e. The third kappa shape index (κ3) is 2.40. The molecule has 3 aromatic rings. The summed E-state index contributed by atoms with van der Waals surface area (Å²) in [5, 5.41) is 0.815. The fraction of sp³-hybridized carbons (Fsp3) is 0.125. The lowest BCUT2D eigenvalue weighted by atomic mass is 10.2. The molecule has 0 aliphatic carbocycles. The molecule has 0 amide bonds. The molecule has 0 spiro atoms. The van der Waals surface area contributed by atoms with Gasteiger partial charge in [-0.2, -0.15) is 0 Å². The molecule has 2 N–H and O–H groups in total. The van der Waals surface area contributed by atoms with E-state index in [1.807, 2.05) is 55.5 Å². The van der Waals surface area contributed by atoms with Gasteiger partial charge in [0.15, 0.2) is 0 Å². The number of nitrogens with two attached hydrogens (primary N) is 1. The molecule has 3 rings (SSSR count). The lowest BCUT2D eigenvalue weighted by molar-refractivity contribution is 0.483. The Hall–Kier alpha value is -2.62. The first-order valence-corrected chi connectivity index (χ1v) is 6.55. The second-order valence-electron chi connectivity index (χ2n) is 4.47. The molecule has 0 atom stereocenters. The molecule has 2 aromatic carbocycles. The number of para-hydroxylation sites is 1. The summed E-state index contributed by atoms with van der Waals surface area (Å²) in [7, 11) is 0. The van der Waals surface area contributed by atoms with Gasteiger partial charge in [-0.25, -0.2) is 9.97 Å². The summed E-state index contributed by atoms with van der Waals surface area (Å²) in [6.07, 6.45) is 0.766. The average molecular weight is 265 g/mol. The highest BCUT2D eigenvalue weighted by Gasteiger charge is 2.06. The van der Waals surface area contributed by atoms with E-state index >= 15 is 0 Å². The van der Waals surface area contributed by atoms with Crippen LogP contribution in [0.3, 0.4) is 0 Å². The maximum atomic E-state index is 5.99. The van der Waals surface area contributed by atoms with Gasteiger partial charge in [-0.15, -0.1) is 0 Å². The summed E-state index contributed by atoms with van der Waals surface area (Å²) in [6, 6.07) is 15.3. The molecule has 4 heteroatoms. The van der Waals surface area contributed by atoms with E-state index in [4.69, 9.17) is 10.5 Å². The van der Waals surface area contributed by atoms with Crippen LogP contribution in [0.15, 0.2) is 48.5 Å². The summed E-state index contributed by atoms with van der Waals surface area (Å²) in [5.74, 6) is 2.76. The van der Waals surface area contributed by atoms with Gasteiger partial charge in [0.1, 0.15) is 23.1 Å². The second-order valence-corrected chi connectivity index (χ2v) is 4.47. The molecule has 1 heterocycles. The highest BCUT2D eigenvalue weighted by Crippen LogP contribution is 2.27. The summed E-state index contributed by atoms with van der Waals surface area (Å²) < 4.78 is 5.79. The van der Waals surface area contributed by atoms with Crippen LogP contribution in [0.2, 0.25) is 0 Å². The Morgan fingerprint density at radius 1 is 1.00 bits per heavy atom. The minimum absolute atomic E-state index is 0.491. The monoisotopic (exact) mass is 265 g/mol. The van der Waals surface area contributed by atoms with Crippen LogP contribution >= 0.6 is 0 Å². The van der Waals surface area contributed by atoms with E-state index in [0.717, 1.165) is 34.6 Å². The van der Waals surface area contributed by atoms with E-state index in [1.54, 1.807) is 0 Å². The Balaban J connectivity index is 2.00. The molecule has 0 aliphatic rings. The Kier molecular flexibility index (Phi) is 3.21. The number of anilines is 1. The molecule has 0 saturated carbocycles. The first kappa shape index (κ1) is 12.4. The van der Waals surface area contributed by atoms with Crippen LogP contribution in [-0.4, -0.2) is 9.97 Å². The molecule has 0 aliphatic heterocycles. The number of ether oxygens (including phenoxy) is 1. The quantitative estimate of drug-likeness (QED) is 0.786. The zero-order valence-electron chi connectivity index (χ0n) is 11.2. The molecule has 0 fully saturated rings. The van der Waals surface area contributed by atoms with Gasteiger partial charge in [-0.3, -0.25) is 0 Å². The van der Waals surface area contributed by atoms with Crippen molar-refractivity contribution >= 4 is 16.7 Å². The summed E-state index contributed by atoms with van der Waals surface area (Å²) >= 11 is 0. The van der Waals surface area contributed by atoms with Gasteiger partial charge in [0, 0.05) is 11.8 Å². The fourth-order valence-electron chi connectivity index (χ4n) is 2.03. The van der Waals surface area contributed by atoms with Gasteiger partial charge < -0.3 is 10.5 Å². The van der Waals surface area contributed by atoms with Crippen molar-refractivity contribution in [3.63, 3.8) is 0 Å². The molecular formula is C16H15N3O. The van der Waals surface area contributed by atoms with Crippen molar-refractivity contribution < 1.29 is 4.74 Å². The van der Waals surface area contributed by atoms with Crippen molar-refractivity contribution in [1.82, 2.24) is 9.97 Å². The number of nitrogens with zero attached hydrogens (tertiary/aromatic N) is 2. The van der Waals surface area contributed by atoms with Crippen LogP contribution in [-0.2, 0) is 6.42 Å². The van der Waals surface area contributed by atoms with Crippen LogP contribution in [0.5, 0.6) is 11.5 Å². The summed E-state index contributed by atoms with van der Waals surface area (Å²) in [4.78, 5) is 8.74. The molecule has 100 valence electrons. The average Bonchev–Trinajstić information content (AvgIpc) is 2.48. The van der Waals surface area contributed by atoms with Crippen molar-refractivity contribution in [2.45, 2.75) is 13.3 Å². The molecule has 1 aromatic heterocycles. The molecule has 20 heavy (non-hydrogen) atoms. The number of nitrogen functional groups attached to an aromatic ring is 1. The molecule has 0 saturated heterocycles. The van der Waals surface area contributed by atoms with Crippen molar-refractivity contribution in [1.29, 1.82) is 0 Å². The topological polar surface area (TPSA) is 61.0 Å². The van der Waals surface area contributed by atoms with E-state index in [2.05, 4.69) is 9.97 Å². The van der Waals surface area contributed by atoms with Crippen molar-refractivity contribution in [3.8, 4) is 11.5 Å². The first-order valence-electron chi connectivity index (χ1n) is 6.55. The maximum Gasteiger partial charge on any atom is 0.135 e. The van der Waals surface area contributed by atoms with Crippen LogP contribution in [0.4, 0.5) is 5.82 Å². The summed E-state index contributed by atoms with van der Waals surface area (Å²) in [5.41, 5.74) is 6.83. The molecular weight excluding hydrogens is 250 g/mol. The maximum absolute atomic E-state index is 5.99. The zero-order valence-corrected chi connectivity index (χ0v) is 11.2. The van der Waals surface area contributed by atoms with Crippen LogP contribution < -0.4 is 10.5 Å². The lowest BCUT2D eigenvalue weighted by Crippen LogP contribution is -2.00. The number of benzene rings is 2. The van der Waals surface area contributed by atoms with Crippen LogP contribution in [0.25, 0.3) is 10.9 Å². The van der Waals surface area contributed by atoms with Gasteiger partial charge in [-0.1, -0.05) is 25.1 Å². The fourth-order valence-corrected chi connectivity index (χ4v) is 2.03. The van der Waals surface area contributed by atoms with Crippen LogP contribution in [0, 0.1) is 0 Å². The highest BCUT2D eigenvalue weighted by molar-refractivity contribution is 5.89. The predicted molar refractivity (Wildman–Crippen MR) is 79.8 cm³/mol. The number of aryl methyl sites for hydroxylation is 1.